The molecule has 8 heteroatoms. The lowest BCUT2D eigenvalue weighted by atomic mass is 9.85. The van der Waals surface area contributed by atoms with Crippen LogP contribution in [-0.4, -0.2) is 61.1 Å². The molecule has 0 unspecified atom stereocenters. The van der Waals surface area contributed by atoms with Crippen LogP contribution in [0.3, 0.4) is 0 Å². The molecule has 2 aliphatic rings. The van der Waals surface area contributed by atoms with E-state index in [1.54, 1.807) is 49.3 Å². The summed E-state index contributed by atoms with van der Waals surface area (Å²) in [5.41, 5.74) is 3.47. The number of likely N-dealkylation sites (tertiary alicyclic amines) is 1. The van der Waals surface area contributed by atoms with Gasteiger partial charge in [0.1, 0.15) is 5.75 Å². The van der Waals surface area contributed by atoms with Crippen molar-refractivity contribution in [3.63, 3.8) is 0 Å². The Balaban J connectivity index is 1.46. The predicted molar refractivity (Wildman–Crippen MR) is 142 cm³/mol. The minimum Gasteiger partial charge on any atom is -0.497 e. The molecule has 2 heterocycles. The maximum Gasteiger partial charge on any atom is 0.409 e. The Kier molecular flexibility index (Phi) is 7.86. The highest BCUT2D eigenvalue weighted by Gasteiger charge is 2.29. The molecule has 2 aromatic carbocycles. The predicted octanol–water partition coefficient (Wildman–Crippen LogP) is 4.19. The van der Waals surface area contributed by atoms with Crippen LogP contribution < -0.4 is 15.4 Å². The van der Waals surface area contributed by atoms with Crippen LogP contribution in [0.15, 0.2) is 48.5 Å². The van der Waals surface area contributed by atoms with Crippen molar-refractivity contribution >= 4 is 23.5 Å². The van der Waals surface area contributed by atoms with E-state index in [-0.39, 0.29) is 29.4 Å². The summed E-state index contributed by atoms with van der Waals surface area (Å²) in [5, 5.41) is 6.52. The number of ether oxygens (including phenoxy) is 2. The van der Waals surface area contributed by atoms with Gasteiger partial charge < -0.3 is 25.0 Å². The second-order valence-electron chi connectivity index (χ2n) is 10.1. The van der Waals surface area contributed by atoms with Gasteiger partial charge in [0.15, 0.2) is 5.78 Å². The summed E-state index contributed by atoms with van der Waals surface area (Å²) < 4.78 is 10.4. The van der Waals surface area contributed by atoms with E-state index in [0.717, 1.165) is 29.0 Å². The van der Waals surface area contributed by atoms with Gasteiger partial charge in [0, 0.05) is 53.1 Å². The monoisotopic (exact) mass is 505 g/mol. The lowest BCUT2D eigenvalue weighted by molar-refractivity contribution is 0.0860. The molecule has 1 fully saturated rings. The zero-order chi connectivity index (χ0) is 26.6. The van der Waals surface area contributed by atoms with Crippen molar-refractivity contribution in [3.05, 3.63) is 70.8 Å². The largest absolute Gasteiger partial charge is 0.497 e. The van der Waals surface area contributed by atoms with Crippen molar-refractivity contribution in [2.75, 3.05) is 26.8 Å². The Bertz CT molecular complexity index is 1210. The van der Waals surface area contributed by atoms with E-state index in [0.29, 0.717) is 43.7 Å². The van der Waals surface area contributed by atoms with Gasteiger partial charge in [-0.05, 0) is 69.9 Å². The normalized spacial score (nSPS) is 17.9. The number of piperidine rings is 1. The summed E-state index contributed by atoms with van der Waals surface area (Å²) in [5.74, 6) is 0.306. The highest BCUT2D eigenvalue weighted by Crippen LogP contribution is 2.32. The quantitative estimate of drug-likeness (QED) is 0.451. The Morgan fingerprint density at radius 1 is 1.11 bits per heavy atom. The number of amides is 2. The van der Waals surface area contributed by atoms with E-state index in [1.165, 1.54) is 0 Å². The van der Waals surface area contributed by atoms with Crippen molar-refractivity contribution in [2.45, 2.75) is 51.6 Å². The fraction of sp³-hybridized carbons (Fsp3) is 0.414. The molecule has 2 amide bonds. The first kappa shape index (κ1) is 26.3. The minimum absolute atomic E-state index is 0.0418. The van der Waals surface area contributed by atoms with Gasteiger partial charge in [0.05, 0.1) is 13.7 Å². The third-order valence-electron chi connectivity index (χ3n) is 6.75. The van der Waals surface area contributed by atoms with Gasteiger partial charge in [-0.3, -0.25) is 9.59 Å². The van der Waals surface area contributed by atoms with Gasteiger partial charge in [0.2, 0.25) is 0 Å². The molecule has 0 saturated carbocycles. The lowest BCUT2D eigenvalue weighted by Crippen LogP contribution is -2.46. The van der Waals surface area contributed by atoms with Crippen LogP contribution in [0.25, 0.3) is 5.70 Å². The first-order chi connectivity index (χ1) is 17.7. The van der Waals surface area contributed by atoms with Crippen molar-refractivity contribution < 1.29 is 23.9 Å². The molecule has 0 aliphatic carbocycles. The smallest absolute Gasteiger partial charge is 0.409 e. The third kappa shape index (κ3) is 6.31. The number of nitrogens with zero attached hydrogens (tertiary/aromatic N) is 1. The van der Waals surface area contributed by atoms with Crippen LogP contribution in [0.1, 0.15) is 65.5 Å². The van der Waals surface area contributed by atoms with Gasteiger partial charge in [-0.25, -0.2) is 4.79 Å². The Morgan fingerprint density at radius 2 is 1.84 bits per heavy atom. The number of benzene rings is 2. The molecule has 0 bridgehead atoms. The molecule has 0 radical (unpaired) electrons. The van der Waals surface area contributed by atoms with Crippen LogP contribution in [0, 0.1) is 0 Å². The van der Waals surface area contributed by atoms with E-state index in [4.69, 9.17) is 9.47 Å². The van der Waals surface area contributed by atoms with E-state index < -0.39 is 0 Å². The van der Waals surface area contributed by atoms with Crippen LogP contribution in [0.4, 0.5) is 4.79 Å². The first-order valence-electron chi connectivity index (χ1n) is 12.7. The van der Waals surface area contributed by atoms with Gasteiger partial charge in [0.25, 0.3) is 5.91 Å². The van der Waals surface area contributed by atoms with E-state index >= 15 is 0 Å². The first-order valence-corrected chi connectivity index (χ1v) is 12.7. The van der Waals surface area contributed by atoms with Gasteiger partial charge in [-0.2, -0.15) is 0 Å². The number of nitrogens with one attached hydrogen (secondary N) is 2. The summed E-state index contributed by atoms with van der Waals surface area (Å²) in [4.78, 5) is 39.8. The molecule has 2 aromatic rings. The van der Waals surface area contributed by atoms with Crippen molar-refractivity contribution in [3.8, 4) is 5.75 Å². The summed E-state index contributed by atoms with van der Waals surface area (Å²) in [6, 6.07) is 12.6. The summed E-state index contributed by atoms with van der Waals surface area (Å²) in [6.45, 7) is 7.39. The molecule has 0 aromatic heterocycles. The molecule has 37 heavy (non-hydrogen) atoms. The molecule has 2 N–H and O–H groups in total. The number of fused-ring (bicyclic) bond motifs is 1. The summed E-state index contributed by atoms with van der Waals surface area (Å²) in [7, 11) is 1.62. The Hall–Kier alpha value is -3.81. The number of allylic oxidation sites excluding steroid dienone is 1. The van der Waals surface area contributed by atoms with Crippen LogP contribution in [0.5, 0.6) is 5.75 Å². The second-order valence-corrected chi connectivity index (χ2v) is 10.1. The average Bonchev–Trinajstić information content (AvgIpc) is 2.88. The number of hydrogen-bond acceptors (Lipinski definition) is 6. The van der Waals surface area contributed by atoms with E-state index in [2.05, 4.69) is 24.5 Å². The van der Waals surface area contributed by atoms with Crippen LogP contribution >= 0.6 is 0 Å². The molecule has 4 rings (SSSR count). The minimum atomic E-state index is -0.315. The molecule has 2 aliphatic heterocycles. The average molecular weight is 506 g/mol. The van der Waals surface area contributed by atoms with E-state index in [1.807, 2.05) is 18.2 Å². The molecule has 0 spiro atoms. The maximum atomic E-state index is 13.3. The fourth-order valence-electron chi connectivity index (χ4n) is 4.87. The number of methoxy groups -OCH3 is 1. The number of ketones is 1. The van der Waals surface area contributed by atoms with Gasteiger partial charge >= 0.3 is 6.09 Å². The molecule has 1 saturated heterocycles. The molecule has 0 atom stereocenters. The third-order valence-corrected chi connectivity index (χ3v) is 6.75. The SMILES string of the molecule is CCOC(=O)N1CCC(NC(=O)c2cccc(C(=O)C=C3NC(C)(C)Cc4ccc(OC)cc43)c2)CC1. The number of carbonyl (C=O) groups excluding carboxylic acids is 3. The molecule has 196 valence electrons. The maximum absolute atomic E-state index is 13.3. The number of hydrogen-bond donors (Lipinski definition) is 2. The zero-order valence-corrected chi connectivity index (χ0v) is 21.9. The molecule has 8 nitrogen and oxygen atoms in total. The van der Waals surface area contributed by atoms with Gasteiger partial charge in [-0.15, -0.1) is 0 Å². The lowest BCUT2D eigenvalue weighted by Gasteiger charge is -2.35. The zero-order valence-electron chi connectivity index (χ0n) is 21.9. The second kappa shape index (κ2) is 11.1. The topological polar surface area (TPSA) is 97.0 Å². The van der Waals surface area contributed by atoms with Crippen molar-refractivity contribution in [2.24, 2.45) is 0 Å². The standard InChI is InChI=1S/C29H35N3O5/c1-5-37-28(35)32-13-11-22(12-14-32)30-27(34)20-8-6-7-19(15-20)26(33)17-25-24-16-23(36-4)10-9-21(24)18-29(2,3)31-25/h6-10,15-17,22,31H,5,11-14,18H2,1-4H3,(H,30,34). The summed E-state index contributed by atoms with van der Waals surface area (Å²) in [6.07, 6.45) is 3.41. The molecular formula is C29H35N3O5. The highest BCUT2D eigenvalue weighted by molar-refractivity contribution is 6.10. The fourth-order valence-corrected chi connectivity index (χ4v) is 4.87. The van der Waals surface area contributed by atoms with Crippen molar-refractivity contribution in [1.29, 1.82) is 0 Å². The van der Waals surface area contributed by atoms with Gasteiger partial charge in [-0.1, -0.05) is 18.2 Å². The Morgan fingerprint density at radius 3 is 2.54 bits per heavy atom. The number of rotatable bonds is 6. The van der Waals surface area contributed by atoms with Crippen molar-refractivity contribution in [1.82, 2.24) is 15.5 Å². The summed E-state index contributed by atoms with van der Waals surface area (Å²) >= 11 is 0. The molecular weight excluding hydrogens is 470 g/mol. The van der Waals surface area contributed by atoms with Crippen LogP contribution in [-0.2, 0) is 11.2 Å². The highest BCUT2D eigenvalue weighted by atomic mass is 16.6. The van der Waals surface area contributed by atoms with E-state index in [9.17, 15) is 14.4 Å². The Labute approximate surface area is 218 Å². The van der Waals surface area contributed by atoms with Crippen LogP contribution in [0.2, 0.25) is 0 Å². The number of carbonyl (C=O) groups is 3.